The van der Waals surface area contributed by atoms with Gasteiger partial charge in [0.2, 0.25) is 0 Å². The SMILES string of the molecule is CCCCCCCC[C@H](O)c1cc(OC)c(CO)c(=O)o1. The summed E-state index contributed by atoms with van der Waals surface area (Å²) >= 11 is 0. The second-order valence-electron chi connectivity index (χ2n) is 5.21. The molecule has 0 radical (unpaired) electrons. The molecule has 1 rings (SSSR count). The molecule has 5 heteroatoms. The summed E-state index contributed by atoms with van der Waals surface area (Å²) < 4.78 is 10.1. The maximum Gasteiger partial charge on any atom is 0.345 e. The fraction of sp³-hybridized carbons (Fsp3) is 0.688. The Kier molecular flexibility index (Phi) is 8.08. The van der Waals surface area contributed by atoms with Crippen LogP contribution < -0.4 is 10.4 Å². The quantitative estimate of drug-likeness (QED) is 0.649. The summed E-state index contributed by atoms with van der Waals surface area (Å²) in [6, 6.07) is 1.48. The lowest BCUT2D eigenvalue weighted by atomic mass is 10.1. The van der Waals surface area contributed by atoms with Crippen molar-refractivity contribution in [2.75, 3.05) is 7.11 Å². The van der Waals surface area contributed by atoms with Crippen molar-refractivity contribution in [2.45, 2.75) is 64.6 Å². The normalized spacial score (nSPS) is 12.4. The maximum atomic E-state index is 11.7. The van der Waals surface area contributed by atoms with E-state index in [2.05, 4.69) is 6.92 Å². The Hall–Kier alpha value is -1.33. The standard InChI is InChI=1S/C16H26O5/c1-3-4-5-6-7-8-9-13(18)15-10-14(20-2)12(11-17)16(19)21-15/h10,13,17-18H,3-9,11H2,1-2H3/t13-/m0/s1. The van der Waals surface area contributed by atoms with Gasteiger partial charge in [0.25, 0.3) is 0 Å². The average molecular weight is 298 g/mol. The summed E-state index contributed by atoms with van der Waals surface area (Å²) in [6.07, 6.45) is 6.54. The van der Waals surface area contributed by atoms with Gasteiger partial charge in [-0.25, -0.2) is 4.79 Å². The van der Waals surface area contributed by atoms with E-state index in [1.807, 2.05) is 0 Å². The molecule has 0 unspecified atom stereocenters. The molecule has 0 saturated carbocycles. The highest BCUT2D eigenvalue weighted by molar-refractivity contribution is 5.31. The van der Waals surface area contributed by atoms with Gasteiger partial charge in [0.15, 0.2) is 0 Å². The molecule has 0 amide bonds. The van der Waals surface area contributed by atoms with Gasteiger partial charge in [-0.1, -0.05) is 45.4 Å². The van der Waals surface area contributed by atoms with Gasteiger partial charge in [-0.2, -0.15) is 0 Å². The Balaban J connectivity index is 2.56. The molecule has 120 valence electrons. The minimum atomic E-state index is -0.814. The minimum absolute atomic E-state index is 0.0769. The molecule has 1 heterocycles. The van der Waals surface area contributed by atoms with Gasteiger partial charge in [0.05, 0.1) is 13.7 Å². The molecule has 5 nitrogen and oxygen atoms in total. The van der Waals surface area contributed by atoms with Crippen molar-refractivity contribution in [1.82, 2.24) is 0 Å². The van der Waals surface area contributed by atoms with E-state index in [4.69, 9.17) is 14.3 Å². The van der Waals surface area contributed by atoms with Crippen LogP contribution in [-0.2, 0) is 6.61 Å². The Morgan fingerprint density at radius 3 is 2.52 bits per heavy atom. The van der Waals surface area contributed by atoms with E-state index in [-0.39, 0.29) is 17.1 Å². The summed E-state index contributed by atoms with van der Waals surface area (Å²) in [7, 11) is 1.41. The lowest BCUT2D eigenvalue weighted by molar-refractivity contribution is 0.130. The van der Waals surface area contributed by atoms with Crippen molar-refractivity contribution in [2.24, 2.45) is 0 Å². The Bertz CT molecular complexity index is 466. The number of ether oxygens (including phenoxy) is 1. The van der Waals surface area contributed by atoms with E-state index in [0.29, 0.717) is 6.42 Å². The number of unbranched alkanes of at least 4 members (excludes halogenated alkanes) is 5. The van der Waals surface area contributed by atoms with E-state index in [9.17, 15) is 9.90 Å². The lowest BCUT2D eigenvalue weighted by Crippen LogP contribution is -2.12. The number of hydrogen-bond acceptors (Lipinski definition) is 5. The summed E-state index contributed by atoms with van der Waals surface area (Å²) in [5.74, 6) is 0.452. The highest BCUT2D eigenvalue weighted by atomic mass is 16.5. The Morgan fingerprint density at radius 1 is 1.24 bits per heavy atom. The highest BCUT2D eigenvalue weighted by Gasteiger charge is 2.16. The van der Waals surface area contributed by atoms with E-state index in [1.54, 1.807) is 0 Å². The van der Waals surface area contributed by atoms with Crippen molar-refractivity contribution >= 4 is 0 Å². The second kappa shape index (κ2) is 9.58. The Labute approximate surface area is 125 Å². The minimum Gasteiger partial charge on any atom is -0.496 e. The monoisotopic (exact) mass is 298 g/mol. The van der Waals surface area contributed by atoms with Gasteiger partial charge in [-0.3, -0.25) is 0 Å². The number of aliphatic hydroxyl groups excluding tert-OH is 2. The van der Waals surface area contributed by atoms with Crippen LogP contribution in [0.2, 0.25) is 0 Å². The van der Waals surface area contributed by atoms with Crippen molar-refractivity contribution in [3.05, 3.63) is 27.8 Å². The molecule has 2 N–H and O–H groups in total. The molecule has 1 atom stereocenters. The lowest BCUT2D eigenvalue weighted by Gasteiger charge is -2.12. The zero-order chi connectivity index (χ0) is 15.7. The van der Waals surface area contributed by atoms with Crippen LogP contribution in [0.1, 0.15) is 69.3 Å². The molecule has 0 aromatic carbocycles. The summed E-state index contributed by atoms with van der Waals surface area (Å²) in [6.45, 7) is 1.73. The first-order valence-electron chi connectivity index (χ1n) is 7.63. The third kappa shape index (κ3) is 5.52. The van der Waals surface area contributed by atoms with Crippen LogP contribution in [-0.4, -0.2) is 17.3 Å². The molecule has 0 bridgehead atoms. The first kappa shape index (κ1) is 17.7. The number of methoxy groups -OCH3 is 1. The van der Waals surface area contributed by atoms with Crippen LogP contribution in [0.25, 0.3) is 0 Å². The van der Waals surface area contributed by atoms with Crippen molar-refractivity contribution in [3.63, 3.8) is 0 Å². The van der Waals surface area contributed by atoms with Crippen LogP contribution in [0.15, 0.2) is 15.3 Å². The van der Waals surface area contributed by atoms with Crippen LogP contribution >= 0.6 is 0 Å². The van der Waals surface area contributed by atoms with Gasteiger partial charge in [-0.05, 0) is 6.42 Å². The van der Waals surface area contributed by atoms with Crippen LogP contribution in [0.4, 0.5) is 0 Å². The van der Waals surface area contributed by atoms with Gasteiger partial charge >= 0.3 is 5.63 Å². The Morgan fingerprint density at radius 2 is 1.90 bits per heavy atom. The second-order valence-corrected chi connectivity index (χ2v) is 5.21. The first-order valence-corrected chi connectivity index (χ1v) is 7.63. The fourth-order valence-corrected chi connectivity index (χ4v) is 2.26. The topological polar surface area (TPSA) is 79.9 Å². The molecule has 0 aliphatic heterocycles. The van der Waals surface area contributed by atoms with Crippen LogP contribution in [0.5, 0.6) is 5.75 Å². The molecule has 1 aromatic heterocycles. The van der Waals surface area contributed by atoms with E-state index in [0.717, 1.165) is 19.3 Å². The van der Waals surface area contributed by atoms with Crippen molar-refractivity contribution in [3.8, 4) is 5.75 Å². The number of aliphatic hydroxyl groups is 2. The molecule has 0 spiro atoms. The third-order valence-electron chi connectivity index (χ3n) is 3.57. The summed E-state index contributed by atoms with van der Waals surface area (Å²) in [4.78, 5) is 11.7. The van der Waals surface area contributed by atoms with Gasteiger partial charge in [0, 0.05) is 6.07 Å². The number of hydrogen-bond donors (Lipinski definition) is 2. The molecule has 0 aliphatic carbocycles. The van der Waals surface area contributed by atoms with Crippen LogP contribution in [0.3, 0.4) is 0 Å². The summed E-state index contributed by atoms with van der Waals surface area (Å²) in [5, 5.41) is 19.2. The van der Waals surface area contributed by atoms with Crippen molar-refractivity contribution in [1.29, 1.82) is 0 Å². The fourth-order valence-electron chi connectivity index (χ4n) is 2.26. The predicted molar refractivity (Wildman–Crippen MR) is 80.4 cm³/mol. The third-order valence-corrected chi connectivity index (χ3v) is 3.57. The molecular weight excluding hydrogens is 272 g/mol. The molecule has 0 saturated heterocycles. The molecule has 1 aromatic rings. The van der Waals surface area contributed by atoms with E-state index >= 15 is 0 Å². The van der Waals surface area contributed by atoms with Gasteiger partial charge in [0.1, 0.15) is 23.2 Å². The maximum absolute atomic E-state index is 11.7. The molecule has 0 fully saturated rings. The smallest absolute Gasteiger partial charge is 0.345 e. The zero-order valence-electron chi connectivity index (χ0n) is 12.9. The van der Waals surface area contributed by atoms with Gasteiger partial charge < -0.3 is 19.4 Å². The van der Waals surface area contributed by atoms with E-state index in [1.165, 1.54) is 32.4 Å². The molecular formula is C16H26O5. The number of rotatable bonds is 10. The largest absolute Gasteiger partial charge is 0.496 e. The highest BCUT2D eigenvalue weighted by Crippen LogP contribution is 2.24. The first-order chi connectivity index (χ1) is 10.1. The zero-order valence-corrected chi connectivity index (χ0v) is 12.9. The molecule has 0 aliphatic rings. The van der Waals surface area contributed by atoms with Crippen LogP contribution in [0, 0.1) is 0 Å². The predicted octanol–water partition coefficient (Wildman–Crippen LogP) is 2.92. The van der Waals surface area contributed by atoms with Gasteiger partial charge in [-0.15, -0.1) is 0 Å². The molecule has 21 heavy (non-hydrogen) atoms. The van der Waals surface area contributed by atoms with E-state index < -0.39 is 18.3 Å². The average Bonchev–Trinajstić information content (AvgIpc) is 2.49. The summed E-state index contributed by atoms with van der Waals surface area (Å²) in [5.41, 5.74) is -0.582. The van der Waals surface area contributed by atoms with Crippen molar-refractivity contribution < 1.29 is 19.4 Å².